The van der Waals surface area contributed by atoms with Crippen LogP contribution in [0.3, 0.4) is 0 Å². The number of pyridine rings is 1. The van der Waals surface area contributed by atoms with Crippen LogP contribution in [0, 0.1) is 0 Å². The number of rotatable bonds is 8. The Balaban J connectivity index is 2.71. The Hall–Kier alpha value is -0.840. The molecule has 0 radical (unpaired) electrons. The number of hydrogen-bond donors (Lipinski definition) is 1. The quantitative estimate of drug-likeness (QED) is 0.793. The van der Waals surface area contributed by atoms with Crippen LogP contribution in [0.1, 0.15) is 19.0 Å². The molecule has 1 rings (SSSR count). The zero-order valence-corrected chi connectivity index (χ0v) is 13.2. The normalized spacial score (nSPS) is 11.1. The zero-order chi connectivity index (χ0) is 14.3. The topological polar surface area (TPSA) is 31.4 Å². The van der Waals surface area contributed by atoms with Gasteiger partial charge in [0.2, 0.25) is 0 Å². The molecule has 0 aliphatic carbocycles. The van der Waals surface area contributed by atoms with E-state index in [1.165, 1.54) is 0 Å². The lowest BCUT2D eigenvalue weighted by Gasteiger charge is -2.23. The molecular weight excluding hydrogens is 260 g/mol. The predicted molar refractivity (Wildman–Crippen MR) is 83.1 cm³/mol. The van der Waals surface area contributed by atoms with Crippen molar-refractivity contribution in [3.8, 4) is 0 Å². The van der Waals surface area contributed by atoms with Crippen molar-refractivity contribution in [3.63, 3.8) is 0 Å². The lowest BCUT2D eigenvalue weighted by Crippen LogP contribution is -2.28. The van der Waals surface area contributed by atoms with Gasteiger partial charge in [-0.3, -0.25) is 0 Å². The summed E-state index contributed by atoms with van der Waals surface area (Å²) in [6, 6.07) is 3.94. The molecule has 1 aromatic rings. The van der Waals surface area contributed by atoms with E-state index in [9.17, 15) is 0 Å². The van der Waals surface area contributed by atoms with Gasteiger partial charge in [-0.2, -0.15) is 0 Å². The summed E-state index contributed by atoms with van der Waals surface area (Å²) in [4.78, 5) is 9.14. The minimum absolute atomic E-state index is 0.696. The molecule has 4 nitrogen and oxygen atoms in total. The van der Waals surface area contributed by atoms with Crippen molar-refractivity contribution in [3.05, 3.63) is 22.8 Å². The van der Waals surface area contributed by atoms with E-state index in [-0.39, 0.29) is 0 Å². The first-order valence-corrected chi connectivity index (χ1v) is 7.16. The fourth-order valence-corrected chi connectivity index (χ4v) is 2.12. The number of anilines is 1. The zero-order valence-electron chi connectivity index (χ0n) is 12.4. The largest absolute Gasteiger partial charge is 0.357 e. The molecule has 1 heterocycles. The lowest BCUT2D eigenvalue weighted by atomic mass is 10.3. The lowest BCUT2D eigenvalue weighted by molar-refractivity contribution is 0.400. The van der Waals surface area contributed by atoms with Crippen molar-refractivity contribution in [2.45, 2.75) is 19.9 Å². The van der Waals surface area contributed by atoms with Crippen LogP contribution in [-0.4, -0.2) is 50.7 Å². The number of aromatic nitrogens is 1. The van der Waals surface area contributed by atoms with Gasteiger partial charge in [-0.1, -0.05) is 11.6 Å². The minimum atomic E-state index is 0.696. The van der Waals surface area contributed by atoms with Crippen LogP contribution in [0.2, 0.25) is 5.02 Å². The second kappa shape index (κ2) is 8.35. The first kappa shape index (κ1) is 16.2. The average molecular weight is 285 g/mol. The fourth-order valence-electron chi connectivity index (χ4n) is 1.95. The fraction of sp³-hybridized carbons (Fsp3) is 0.643. The average Bonchev–Trinajstić information content (AvgIpc) is 2.37. The van der Waals surface area contributed by atoms with Crippen LogP contribution >= 0.6 is 11.6 Å². The molecule has 0 spiro atoms. The Morgan fingerprint density at radius 3 is 2.58 bits per heavy atom. The molecule has 1 N–H and O–H groups in total. The highest BCUT2D eigenvalue weighted by Gasteiger charge is 2.09. The van der Waals surface area contributed by atoms with E-state index >= 15 is 0 Å². The van der Waals surface area contributed by atoms with Gasteiger partial charge in [0.15, 0.2) is 0 Å². The van der Waals surface area contributed by atoms with Gasteiger partial charge in [0, 0.05) is 19.6 Å². The van der Waals surface area contributed by atoms with Gasteiger partial charge in [-0.05, 0) is 53.2 Å². The first-order chi connectivity index (χ1) is 9.08. The number of halogens is 1. The number of nitrogens with zero attached hydrogens (tertiary/aromatic N) is 3. The molecule has 1 aromatic heterocycles. The first-order valence-electron chi connectivity index (χ1n) is 6.78. The molecule has 108 valence electrons. The van der Waals surface area contributed by atoms with Gasteiger partial charge in [-0.15, -0.1) is 0 Å². The van der Waals surface area contributed by atoms with Crippen molar-refractivity contribution < 1.29 is 0 Å². The molecule has 0 unspecified atom stereocenters. The van der Waals surface area contributed by atoms with Crippen molar-refractivity contribution in [2.24, 2.45) is 0 Å². The highest BCUT2D eigenvalue weighted by atomic mass is 35.5. The van der Waals surface area contributed by atoms with Crippen molar-refractivity contribution in [1.29, 1.82) is 0 Å². The number of hydrogen-bond acceptors (Lipinski definition) is 4. The smallest absolute Gasteiger partial charge is 0.128 e. The third-order valence-corrected chi connectivity index (χ3v) is 3.33. The molecule has 0 amide bonds. The van der Waals surface area contributed by atoms with E-state index in [1.807, 2.05) is 19.2 Å². The summed E-state index contributed by atoms with van der Waals surface area (Å²) in [5.41, 5.74) is 0.910. The number of nitrogens with one attached hydrogen (secondary N) is 1. The molecule has 0 aliphatic heterocycles. The van der Waals surface area contributed by atoms with Crippen LogP contribution < -0.4 is 10.2 Å². The summed E-state index contributed by atoms with van der Waals surface area (Å²) in [5.74, 6) is 1.01. The van der Waals surface area contributed by atoms with Crippen LogP contribution in [0.4, 0.5) is 5.82 Å². The SMILES string of the molecule is CCN(CCCN(C)C)c1ccc(Cl)c(CNC)n1. The molecule has 0 aromatic carbocycles. The van der Waals surface area contributed by atoms with Crippen molar-refractivity contribution >= 4 is 17.4 Å². The van der Waals surface area contributed by atoms with Gasteiger partial charge in [0.05, 0.1) is 10.7 Å². The molecule has 19 heavy (non-hydrogen) atoms. The van der Waals surface area contributed by atoms with Crippen molar-refractivity contribution in [1.82, 2.24) is 15.2 Å². The van der Waals surface area contributed by atoms with Crippen LogP contribution in [0.5, 0.6) is 0 Å². The Labute approximate surface area is 121 Å². The summed E-state index contributed by atoms with van der Waals surface area (Å²) in [6.07, 6.45) is 1.13. The van der Waals surface area contributed by atoms with E-state index in [4.69, 9.17) is 11.6 Å². The molecule has 0 atom stereocenters. The Bertz CT molecular complexity index is 382. The molecule has 0 bridgehead atoms. The summed E-state index contributed by atoms with van der Waals surface area (Å²) < 4.78 is 0. The summed E-state index contributed by atoms with van der Waals surface area (Å²) in [7, 11) is 6.10. The van der Waals surface area contributed by atoms with Crippen LogP contribution in [-0.2, 0) is 6.54 Å². The standard InChI is InChI=1S/C14H25ClN4/c1-5-19(10-6-9-18(3)4)14-8-7-12(15)13(17-14)11-16-2/h7-8,16H,5-6,9-11H2,1-4H3. The Morgan fingerprint density at radius 2 is 2.00 bits per heavy atom. The maximum Gasteiger partial charge on any atom is 0.128 e. The molecule has 0 fully saturated rings. The minimum Gasteiger partial charge on any atom is -0.357 e. The van der Waals surface area contributed by atoms with Gasteiger partial charge < -0.3 is 15.1 Å². The predicted octanol–water partition coefficient (Wildman–Crippen LogP) is 2.23. The van der Waals surface area contributed by atoms with Crippen molar-refractivity contribution in [2.75, 3.05) is 45.7 Å². The van der Waals surface area contributed by atoms with E-state index < -0.39 is 0 Å². The van der Waals surface area contributed by atoms with E-state index in [1.54, 1.807) is 0 Å². The highest BCUT2D eigenvalue weighted by molar-refractivity contribution is 6.31. The molecule has 0 saturated carbocycles. The maximum atomic E-state index is 6.14. The van der Waals surface area contributed by atoms with Gasteiger partial charge in [0.25, 0.3) is 0 Å². The van der Waals surface area contributed by atoms with Crippen LogP contribution in [0.15, 0.2) is 12.1 Å². The summed E-state index contributed by atoms with van der Waals surface area (Å²) in [6.45, 7) is 5.92. The maximum absolute atomic E-state index is 6.14. The van der Waals surface area contributed by atoms with Gasteiger partial charge >= 0.3 is 0 Å². The molecule has 5 heteroatoms. The molecule has 0 saturated heterocycles. The molecular formula is C14H25ClN4. The second-order valence-corrected chi connectivity index (χ2v) is 5.27. The van der Waals surface area contributed by atoms with E-state index in [0.29, 0.717) is 6.54 Å². The second-order valence-electron chi connectivity index (χ2n) is 4.86. The molecule has 0 aliphatic rings. The van der Waals surface area contributed by atoms with Gasteiger partial charge in [-0.25, -0.2) is 4.98 Å². The third-order valence-electron chi connectivity index (χ3n) is 2.99. The van der Waals surface area contributed by atoms with E-state index in [2.05, 4.69) is 41.1 Å². The third kappa shape index (κ3) is 5.35. The Morgan fingerprint density at radius 1 is 1.26 bits per heavy atom. The van der Waals surface area contributed by atoms with E-state index in [0.717, 1.165) is 42.6 Å². The highest BCUT2D eigenvalue weighted by Crippen LogP contribution is 2.19. The summed E-state index contributed by atoms with van der Waals surface area (Å²) in [5, 5.41) is 3.82. The monoisotopic (exact) mass is 284 g/mol. The Kier molecular flexibility index (Phi) is 7.13. The van der Waals surface area contributed by atoms with Gasteiger partial charge in [0.1, 0.15) is 5.82 Å². The van der Waals surface area contributed by atoms with Crippen LogP contribution in [0.25, 0.3) is 0 Å². The summed E-state index contributed by atoms with van der Waals surface area (Å²) >= 11 is 6.14.